The molecule has 3 heterocycles. The van der Waals surface area contributed by atoms with Crippen LogP contribution in [0, 0.1) is 0 Å². The van der Waals surface area contributed by atoms with Gasteiger partial charge in [0.25, 0.3) is 5.56 Å². The summed E-state index contributed by atoms with van der Waals surface area (Å²) in [6.45, 7) is 0.272. The maximum atomic E-state index is 13.0. The molecule has 0 amide bonds. The Hall–Kier alpha value is -4.66. The van der Waals surface area contributed by atoms with Crippen LogP contribution in [0.3, 0.4) is 0 Å². The minimum atomic E-state index is -0.302. The first-order chi connectivity index (χ1) is 16.7. The van der Waals surface area contributed by atoms with Crippen molar-refractivity contribution in [1.29, 1.82) is 0 Å². The van der Waals surface area contributed by atoms with Crippen LogP contribution in [0.4, 0.5) is 0 Å². The van der Waals surface area contributed by atoms with Gasteiger partial charge in [0.15, 0.2) is 0 Å². The molecule has 5 aromatic rings. The van der Waals surface area contributed by atoms with Crippen molar-refractivity contribution in [3.8, 4) is 17.4 Å². The molecule has 5 rings (SSSR count). The third-order valence-corrected chi connectivity index (χ3v) is 5.35. The van der Waals surface area contributed by atoms with Gasteiger partial charge in [-0.25, -0.2) is 9.97 Å². The highest BCUT2D eigenvalue weighted by Crippen LogP contribution is 2.25. The quantitative estimate of drug-likeness (QED) is 0.375. The predicted molar refractivity (Wildman–Crippen MR) is 129 cm³/mol. The molecular weight excluding hydrogens is 434 g/mol. The van der Waals surface area contributed by atoms with E-state index in [1.165, 1.54) is 11.0 Å². The highest BCUT2D eigenvalue weighted by molar-refractivity contribution is 6.04. The van der Waals surface area contributed by atoms with E-state index in [0.717, 1.165) is 22.0 Å². The topological polar surface area (TPSA) is 104 Å². The molecule has 0 aliphatic rings. The van der Waals surface area contributed by atoms with Crippen LogP contribution >= 0.6 is 0 Å². The molecule has 0 aliphatic heterocycles. The summed E-state index contributed by atoms with van der Waals surface area (Å²) in [5.74, 6) is 1.90. The van der Waals surface area contributed by atoms with Gasteiger partial charge < -0.3 is 19.2 Å². The van der Waals surface area contributed by atoms with Crippen molar-refractivity contribution in [3.05, 3.63) is 88.6 Å². The Kier molecular flexibility index (Phi) is 5.65. The van der Waals surface area contributed by atoms with Crippen LogP contribution in [0.1, 0.15) is 11.1 Å². The van der Waals surface area contributed by atoms with E-state index in [4.69, 9.17) is 14.2 Å². The Morgan fingerprint density at radius 1 is 1.06 bits per heavy atom. The minimum Gasteiger partial charge on any atom is -0.497 e. The average Bonchev–Trinajstić information content (AvgIpc) is 3.26. The number of nitrogens with one attached hydrogen (secondary N) is 1. The highest BCUT2D eigenvalue weighted by Gasteiger charge is 2.12. The first-order valence-corrected chi connectivity index (χ1v) is 10.5. The molecule has 2 aromatic carbocycles. The molecule has 0 atom stereocenters. The fourth-order valence-corrected chi connectivity index (χ4v) is 3.64. The van der Waals surface area contributed by atoms with E-state index in [0.29, 0.717) is 28.4 Å². The van der Waals surface area contributed by atoms with Gasteiger partial charge in [0.1, 0.15) is 35.5 Å². The van der Waals surface area contributed by atoms with Crippen LogP contribution in [0.15, 0.2) is 77.0 Å². The van der Waals surface area contributed by atoms with E-state index in [2.05, 4.69) is 20.1 Å². The molecule has 0 radical (unpaired) electrons. The van der Waals surface area contributed by atoms with Crippen molar-refractivity contribution in [2.24, 2.45) is 5.10 Å². The zero-order chi connectivity index (χ0) is 23.5. The number of aromatic nitrogens is 4. The second kappa shape index (κ2) is 9.07. The summed E-state index contributed by atoms with van der Waals surface area (Å²) in [6, 6.07) is 16.6. The Morgan fingerprint density at radius 3 is 2.76 bits per heavy atom. The summed E-state index contributed by atoms with van der Waals surface area (Å²) in [5, 5.41) is 5.14. The number of rotatable bonds is 7. The summed E-state index contributed by atoms with van der Waals surface area (Å²) in [6.07, 6.45) is 4.66. The Balaban J connectivity index is 1.44. The number of aromatic amines is 1. The smallest absolute Gasteiger partial charge is 0.298 e. The van der Waals surface area contributed by atoms with Gasteiger partial charge in [-0.3, -0.25) is 4.79 Å². The number of hydrogen-bond donors (Lipinski definition) is 1. The number of methoxy groups -OCH3 is 2. The van der Waals surface area contributed by atoms with E-state index >= 15 is 0 Å². The monoisotopic (exact) mass is 455 g/mol. The van der Waals surface area contributed by atoms with Crippen molar-refractivity contribution in [3.63, 3.8) is 0 Å². The second-order valence-corrected chi connectivity index (χ2v) is 7.43. The fourth-order valence-electron chi connectivity index (χ4n) is 3.64. The molecule has 170 valence electrons. The Bertz CT molecular complexity index is 1560. The largest absolute Gasteiger partial charge is 0.497 e. The van der Waals surface area contributed by atoms with Crippen molar-refractivity contribution in [1.82, 2.24) is 19.6 Å². The normalized spacial score (nSPS) is 11.4. The maximum Gasteiger partial charge on any atom is 0.298 e. The third-order valence-electron chi connectivity index (χ3n) is 5.35. The second-order valence-electron chi connectivity index (χ2n) is 7.43. The lowest BCUT2D eigenvalue weighted by Gasteiger charge is -2.10. The standard InChI is InChI=1S/C25H21N5O4/c1-32-18-7-8-20-19(12-18)23-24(29-20)25(31)30(15-27-23)28-13-16-6-9-21(33-2)17(11-16)14-34-22-5-3-4-10-26-22/h3-13,15,29H,14H2,1-2H3/b28-13-. The summed E-state index contributed by atoms with van der Waals surface area (Å²) >= 11 is 0. The zero-order valence-corrected chi connectivity index (χ0v) is 18.6. The van der Waals surface area contributed by atoms with Crippen molar-refractivity contribution in [2.45, 2.75) is 6.61 Å². The molecule has 0 unspecified atom stereocenters. The first-order valence-electron chi connectivity index (χ1n) is 10.5. The molecule has 0 fully saturated rings. The molecule has 0 bridgehead atoms. The Morgan fingerprint density at radius 2 is 1.97 bits per heavy atom. The van der Waals surface area contributed by atoms with E-state index in [1.807, 2.05) is 48.5 Å². The number of fused-ring (bicyclic) bond motifs is 3. The van der Waals surface area contributed by atoms with Crippen molar-refractivity contribution < 1.29 is 14.2 Å². The number of benzene rings is 2. The minimum absolute atomic E-state index is 0.272. The molecule has 9 heteroatoms. The number of hydrogen-bond acceptors (Lipinski definition) is 7. The van der Waals surface area contributed by atoms with Crippen molar-refractivity contribution in [2.75, 3.05) is 14.2 Å². The summed E-state index contributed by atoms with van der Waals surface area (Å²) in [4.78, 5) is 24.7. The summed E-state index contributed by atoms with van der Waals surface area (Å²) < 4.78 is 17.7. The lowest BCUT2D eigenvalue weighted by Crippen LogP contribution is -2.17. The van der Waals surface area contributed by atoms with Crippen LogP contribution in [-0.4, -0.2) is 40.1 Å². The van der Waals surface area contributed by atoms with Gasteiger partial charge in [-0.05, 0) is 48.0 Å². The third kappa shape index (κ3) is 4.06. The summed E-state index contributed by atoms with van der Waals surface area (Å²) in [7, 11) is 3.20. The molecule has 0 saturated heterocycles. The molecule has 0 spiro atoms. The molecule has 1 N–H and O–H groups in total. The van der Waals surface area contributed by atoms with Gasteiger partial charge in [-0.2, -0.15) is 9.78 Å². The van der Waals surface area contributed by atoms with Gasteiger partial charge in [0.2, 0.25) is 5.88 Å². The van der Waals surface area contributed by atoms with Crippen LogP contribution in [0.25, 0.3) is 21.9 Å². The van der Waals surface area contributed by atoms with E-state index in [-0.39, 0.29) is 12.2 Å². The summed E-state index contributed by atoms with van der Waals surface area (Å²) in [5.41, 5.74) is 3.04. The number of ether oxygens (including phenoxy) is 3. The predicted octanol–water partition coefficient (Wildman–Crippen LogP) is 3.75. The van der Waals surface area contributed by atoms with Gasteiger partial charge in [0.05, 0.1) is 20.4 Å². The molecule has 9 nitrogen and oxygen atoms in total. The Labute approximate surface area is 194 Å². The molecule has 34 heavy (non-hydrogen) atoms. The van der Waals surface area contributed by atoms with Crippen molar-refractivity contribution >= 4 is 28.2 Å². The highest BCUT2D eigenvalue weighted by atomic mass is 16.5. The van der Waals surface area contributed by atoms with Crippen LogP contribution in [0.2, 0.25) is 0 Å². The van der Waals surface area contributed by atoms with Crippen LogP contribution in [0.5, 0.6) is 17.4 Å². The lowest BCUT2D eigenvalue weighted by molar-refractivity contribution is 0.285. The number of H-pyrrole nitrogens is 1. The fraction of sp³-hybridized carbons (Fsp3) is 0.120. The van der Waals surface area contributed by atoms with Gasteiger partial charge in [0, 0.05) is 28.7 Å². The van der Waals surface area contributed by atoms with Gasteiger partial charge in [-0.15, -0.1) is 0 Å². The average molecular weight is 455 g/mol. The number of nitrogens with zero attached hydrogens (tertiary/aromatic N) is 4. The van der Waals surface area contributed by atoms with Gasteiger partial charge in [-0.1, -0.05) is 6.07 Å². The molecular formula is C25H21N5O4. The molecule has 0 saturated carbocycles. The maximum absolute atomic E-state index is 13.0. The van der Waals surface area contributed by atoms with Crippen LogP contribution in [-0.2, 0) is 6.61 Å². The van der Waals surface area contributed by atoms with E-state index < -0.39 is 0 Å². The first kappa shape index (κ1) is 21.2. The van der Waals surface area contributed by atoms with E-state index in [1.54, 1.807) is 32.7 Å². The SMILES string of the molecule is COc1ccc2[nH]c3c(=O)n(/N=C\c4ccc(OC)c(COc5ccccn5)c4)cnc3c2c1. The van der Waals surface area contributed by atoms with Gasteiger partial charge >= 0.3 is 0 Å². The zero-order valence-electron chi connectivity index (χ0n) is 18.6. The van der Waals surface area contributed by atoms with E-state index in [9.17, 15) is 4.79 Å². The molecule has 0 aliphatic carbocycles. The molecule has 3 aromatic heterocycles. The lowest BCUT2D eigenvalue weighted by atomic mass is 10.1. The van der Waals surface area contributed by atoms with Crippen LogP contribution < -0.4 is 19.8 Å². The number of pyridine rings is 1.